The highest BCUT2D eigenvalue weighted by Crippen LogP contribution is 2.27. The maximum atomic E-state index is 9.56. The summed E-state index contributed by atoms with van der Waals surface area (Å²) in [7, 11) is 0. The second kappa shape index (κ2) is 5.34. The van der Waals surface area contributed by atoms with Gasteiger partial charge in [0.15, 0.2) is 0 Å². The summed E-state index contributed by atoms with van der Waals surface area (Å²) < 4.78 is 0.834. The molecule has 0 radical (unpaired) electrons. The number of para-hydroxylation sites is 1. The predicted octanol–water partition coefficient (Wildman–Crippen LogP) is 4.56. The zero-order valence-corrected chi connectivity index (χ0v) is 11.1. The fourth-order valence-corrected chi connectivity index (χ4v) is 1.73. The van der Waals surface area contributed by atoms with Crippen LogP contribution in [0.25, 0.3) is 0 Å². The molecule has 1 N–H and O–H groups in total. The van der Waals surface area contributed by atoms with Crippen LogP contribution in [0.1, 0.15) is 5.56 Å². The van der Waals surface area contributed by atoms with Gasteiger partial charge in [0, 0.05) is 16.3 Å². The van der Waals surface area contributed by atoms with Crippen LogP contribution >= 0.6 is 27.5 Å². The van der Waals surface area contributed by atoms with Crippen molar-refractivity contribution < 1.29 is 5.11 Å². The van der Waals surface area contributed by atoms with Crippen LogP contribution in [0, 0.1) is 0 Å². The fraction of sp³-hybridized carbons (Fsp3) is 0. The van der Waals surface area contributed by atoms with Crippen molar-refractivity contribution in [2.45, 2.75) is 0 Å². The Hall–Kier alpha value is -1.32. The van der Waals surface area contributed by atoms with Crippen LogP contribution in [-0.2, 0) is 0 Å². The van der Waals surface area contributed by atoms with Gasteiger partial charge in [-0.3, -0.25) is 4.99 Å². The van der Waals surface area contributed by atoms with Crippen LogP contribution < -0.4 is 0 Å². The van der Waals surface area contributed by atoms with E-state index in [1.165, 1.54) is 0 Å². The van der Waals surface area contributed by atoms with Gasteiger partial charge in [0.25, 0.3) is 0 Å². The zero-order valence-electron chi connectivity index (χ0n) is 8.77. The van der Waals surface area contributed by atoms with Gasteiger partial charge in [0.2, 0.25) is 0 Å². The first-order chi connectivity index (χ1) is 8.16. The molecule has 0 aliphatic rings. The molecule has 0 atom stereocenters. The summed E-state index contributed by atoms with van der Waals surface area (Å²) in [5, 5.41) is 10.2. The monoisotopic (exact) mass is 309 g/mol. The molecule has 2 aromatic carbocycles. The molecule has 0 fully saturated rings. The molecule has 86 valence electrons. The second-order valence-corrected chi connectivity index (χ2v) is 4.68. The van der Waals surface area contributed by atoms with E-state index in [-0.39, 0.29) is 5.75 Å². The van der Waals surface area contributed by atoms with Gasteiger partial charge in [0.1, 0.15) is 5.75 Å². The lowest BCUT2D eigenvalue weighted by Gasteiger charge is -1.99. The van der Waals surface area contributed by atoms with Gasteiger partial charge in [-0.15, -0.1) is 0 Å². The Morgan fingerprint density at radius 2 is 1.94 bits per heavy atom. The van der Waals surface area contributed by atoms with Crippen LogP contribution in [0.5, 0.6) is 5.75 Å². The number of phenolic OH excluding ortho intramolecular Hbond substituents is 1. The van der Waals surface area contributed by atoms with E-state index < -0.39 is 0 Å². The van der Waals surface area contributed by atoms with E-state index in [9.17, 15) is 5.11 Å². The molecule has 0 spiro atoms. The number of halogens is 2. The highest BCUT2D eigenvalue weighted by molar-refractivity contribution is 9.10. The quantitative estimate of drug-likeness (QED) is 0.810. The van der Waals surface area contributed by atoms with E-state index in [1.807, 2.05) is 18.2 Å². The van der Waals surface area contributed by atoms with Gasteiger partial charge >= 0.3 is 0 Å². The molecule has 0 bridgehead atoms. The van der Waals surface area contributed by atoms with Crippen molar-refractivity contribution in [1.29, 1.82) is 0 Å². The number of phenols is 1. The summed E-state index contributed by atoms with van der Waals surface area (Å²) in [6.07, 6.45) is 1.61. The smallest absolute Gasteiger partial charge is 0.124 e. The summed E-state index contributed by atoms with van der Waals surface area (Å²) >= 11 is 9.27. The lowest BCUT2D eigenvalue weighted by molar-refractivity contribution is 0.474. The Morgan fingerprint density at radius 1 is 1.18 bits per heavy atom. The van der Waals surface area contributed by atoms with Crippen molar-refractivity contribution in [3.05, 3.63) is 57.5 Å². The van der Waals surface area contributed by atoms with Crippen LogP contribution in [0.15, 0.2) is 51.9 Å². The Bertz CT molecular complexity index is 569. The third kappa shape index (κ3) is 3.08. The average Bonchev–Trinajstić information content (AvgIpc) is 2.32. The Labute approximate surface area is 113 Å². The first-order valence-electron chi connectivity index (χ1n) is 4.94. The average molecular weight is 311 g/mol. The maximum absolute atomic E-state index is 9.56. The van der Waals surface area contributed by atoms with E-state index in [0.29, 0.717) is 10.6 Å². The highest BCUT2D eigenvalue weighted by Gasteiger charge is 1.98. The summed E-state index contributed by atoms with van der Waals surface area (Å²) in [6, 6.07) is 12.4. The molecule has 0 aliphatic carbocycles. The standard InChI is InChI=1S/C13H9BrClNO/c14-11-6-5-10(7-12(11)15)16-8-9-3-1-2-4-13(9)17/h1-8,17H. The van der Waals surface area contributed by atoms with E-state index in [0.717, 1.165) is 10.2 Å². The molecule has 0 heterocycles. The molecule has 4 heteroatoms. The summed E-state index contributed by atoms with van der Waals surface area (Å²) in [5.41, 5.74) is 1.41. The largest absolute Gasteiger partial charge is 0.507 e. The molecule has 0 saturated carbocycles. The number of hydrogen-bond acceptors (Lipinski definition) is 2. The minimum absolute atomic E-state index is 0.208. The van der Waals surface area contributed by atoms with Gasteiger partial charge in [-0.2, -0.15) is 0 Å². The van der Waals surface area contributed by atoms with Crippen LogP contribution in [-0.4, -0.2) is 11.3 Å². The van der Waals surface area contributed by atoms with Crippen molar-refractivity contribution in [2.75, 3.05) is 0 Å². The molecule has 2 nitrogen and oxygen atoms in total. The van der Waals surface area contributed by atoms with Crippen molar-refractivity contribution in [3.63, 3.8) is 0 Å². The molecule has 0 aliphatic heterocycles. The number of rotatable bonds is 2. The van der Waals surface area contributed by atoms with Gasteiger partial charge in [0.05, 0.1) is 10.7 Å². The second-order valence-electron chi connectivity index (χ2n) is 3.42. The minimum Gasteiger partial charge on any atom is -0.507 e. The number of nitrogens with zero attached hydrogens (tertiary/aromatic N) is 1. The number of hydrogen-bond donors (Lipinski definition) is 1. The molecule has 0 saturated heterocycles. The lowest BCUT2D eigenvalue weighted by atomic mass is 10.2. The van der Waals surface area contributed by atoms with Gasteiger partial charge in [-0.05, 0) is 46.3 Å². The molecule has 0 aromatic heterocycles. The summed E-state index contributed by atoms with van der Waals surface area (Å²) in [6.45, 7) is 0. The van der Waals surface area contributed by atoms with Gasteiger partial charge in [-0.1, -0.05) is 23.7 Å². The lowest BCUT2D eigenvalue weighted by Crippen LogP contribution is -1.80. The first kappa shape index (κ1) is 12.1. The first-order valence-corrected chi connectivity index (χ1v) is 6.11. The predicted molar refractivity (Wildman–Crippen MR) is 74.5 cm³/mol. The number of aromatic hydroxyl groups is 1. The third-order valence-corrected chi connectivity index (χ3v) is 3.43. The van der Waals surface area contributed by atoms with Crippen molar-refractivity contribution in [1.82, 2.24) is 0 Å². The van der Waals surface area contributed by atoms with Gasteiger partial charge < -0.3 is 5.11 Å². The van der Waals surface area contributed by atoms with Gasteiger partial charge in [-0.25, -0.2) is 0 Å². The van der Waals surface area contributed by atoms with Crippen molar-refractivity contribution >= 4 is 39.4 Å². The number of benzene rings is 2. The zero-order chi connectivity index (χ0) is 12.3. The van der Waals surface area contributed by atoms with E-state index in [2.05, 4.69) is 20.9 Å². The van der Waals surface area contributed by atoms with E-state index >= 15 is 0 Å². The molecular formula is C13H9BrClNO. The Kier molecular flexibility index (Phi) is 3.82. The molecule has 17 heavy (non-hydrogen) atoms. The minimum atomic E-state index is 0.208. The summed E-state index contributed by atoms with van der Waals surface area (Å²) in [4.78, 5) is 4.25. The van der Waals surface area contributed by atoms with Crippen molar-refractivity contribution in [3.8, 4) is 5.75 Å². The molecule has 2 aromatic rings. The van der Waals surface area contributed by atoms with Crippen LogP contribution in [0.2, 0.25) is 5.02 Å². The fourth-order valence-electron chi connectivity index (χ4n) is 1.31. The third-order valence-electron chi connectivity index (χ3n) is 2.19. The summed E-state index contributed by atoms with van der Waals surface area (Å²) in [5.74, 6) is 0.208. The Balaban J connectivity index is 2.26. The molecule has 2 rings (SSSR count). The SMILES string of the molecule is Oc1ccccc1C=Nc1ccc(Br)c(Cl)c1. The molecule has 0 unspecified atom stereocenters. The Morgan fingerprint density at radius 3 is 2.65 bits per heavy atom. The van der Waals surface area contributed by atoms with E-state index in [1.54, 1.807) is 30.5 Å². The maximum Gasteiger partial charge on any atom is 0.124 e. The van der Waals surface area contributed by atoms with E-state index in [4.69, 9.17) is 11.6 Å². The molecule has 0 amide bonds. The van der Waals surface area contributed by atoms with Crippen LogP contribution in [0.4, 0.5) is 5.69 Å². The topological polar surface area (TPSA) is 32.6 Å². The number of aliphatic imine (C=N–C) groups is 1. The van der Waals surface area contributed by atoms with Crippen LogP contribution in [0.3, 0.4) is 0 Å². The highest BCUT2D eigenvalue weighted by atomic mass is 79.9. The normalized spacial score (nSPS) is 10.9. The molecular weight excluding hydrogens is 302 g/mol. The van der Waals surface area contributed by atoms with Crippen molar-refractivity contribution in [2.24, 2.45) is 4.99 Å².